The maximum absolute atomic E-state index is 11.2. The van der Waals surface area contributed by atoms with Crippen LogP contribution in [0.3, 0.4) is 0 Å². The zero-order chi connectivity index (χ0) is 13.0. The topological polar surface area (TPSA) is 52.9 Å². The van der Waals surface area contributed by atoms with E-state index in [1.165, 1.54) is 11.3 Å². The van der Waals surface area contributed by atoms with Crippen LogP contribution in [0.2, 0.25) is 0 Å². The molecule has 0 aliphatic carbocycles. The average Bonchev–Trinajstić information content (AvgIpc) is 2.82. The van der Waals surface area contributed by atoms with Crippen molar-refractivity contribution in [3.05, 3.63) is 41.3 Å². The van der Waals surface area contributed by atoms with E-state index in [1.54, 1.807) is 0 Å². The minimum atomic E-state index is -0.311. The van der Waals surface area contributed by atoms with E-state index in [0.717, 1.165) is 11.1 Å². The van der Waals surface area contributed by atoms with Gasteiger partial charge in [0.05, 0.1) is 5.56 Å². The summed E-state index contributed by atoms with van der Waals surface area (Å²) in [6.45, 7) is 0. The van der Waals surface area contributed by atoms with Crippen molar-refractivity contribution in [3.63, 3.8) is 0 Å². The molecular weight excluding hydrogens is 268 g/mol. The van der Waals surface area contributed by atoms with Crippen LogP contribution in [-0.2, 0) is 4.79 Å². The Kier molecular flexibility index (Phi) is 3.98. The highest BCUT2D eigenvalue weighted by atomic mass is 35.5. The largest absolute Gasteiger partial charge is 0.316 e. The first-order valence-corrected chi connectivity index (χ1v) is 6.60. The molecule has 0 saturated carbocycles. The molecule has 0 radical (unpaired) electrons. The molecular formula is C13H9ClN2OS. The molecule has 0 fully saturated rings. The number of carbonyl (C=O) groups is 1. The first-order valence-electron chi connectivity index (χ1n) is 5.19. The Morgan fingerprint density at radius 1 is 1.39 bits per heavy atom. The number of alkyl halides is 1. The van der Waals surface area contributed by atoms with E-state index in [9.17, 15) is 10.1 Å². The van der Waals surface area contributed by atoms with Crippen molar-refractivity contribution in [2.45, 2.75) is 0 Å². The molecule has 1 amide bonds. The van der Waals surface area contributed by atoms with E-state index >= 15 is 0 Å². The summed E-state index contributed by atoms with van der Waals surface area (Å²) < 4.78 is 0. The lowest BCUT2D eigenvalue weighted by Crippen LogP contribution is -2.12. The Morgan fingerprint density at radius 3 is 2.72 bits per heavy atom. The van der Waals surface area contributed by atoms with Crippen LogP contribution in [0.5, 0.6) is 0 Å². The Labute approximate surface area is 114 Å². The predicted molar refractivity (Wildman–Crippen MR) is 73.8 cm³/mol. The average molecular weight is 277 g/mol. The van der Waals surface area contributed by atoms with Crippen molar-refractivity contribution < 1.29 is 4.79 Å². The summed E-state index contributed by atoms with van der Waals surface area (Å²) >= 11 is 6.76. The number of amides is 1. The number of nitriles is 1. The molecule has 0 aliphatic heterocycles. The fourth-order valence-corrected chi connectivity index (χ4v) is 2.55. The molecule has 0 aliphatic rings. The van der Waals surface area contributed by atoms with Crippen LogP contribution in [0.1, 0.15) is 5.56 Å². The lowest BCUT2D eigenvalue weighted by atomic mass is 10.1. The van der Waals surface area contributed by atoms with Gasteiger partial charge in [-0.05, 0) is 5.56 Å². The summed E-state index contributed by atoms with van der Waals surface area (Å²) in [7, 11) is 0. The molecule has 1 aromatic heterocycles. The molecule has 0 saturated heterocycles. The van der Waals surface area contributed by atoms with E-state index in [-0.39, 0.29) is 11.8 Å². The number of anilines is 1. The molecule has 0 bridgehead atoms. The van der Waals surface area contributed by atoms with Crippen LogP contribution < -0.4 is 5.32 Å². The molecule has 2 aromatic rings. The zero-order valence-electron chi connectivity index (χ0n) is 9.31. The minimum Gasteiger partial charge on any atom is -0.316 e. The van der Waals surface area contributed by atoms with Crippen LogP contribution >= 0.6 is 22.9 Å². The third kappa shape index (κ3) is 2.53. The number of hydrogen-bond donors (Lipinski definition) is 1. The lowest BCUT2D eigenvalue weighted by molar-refractivity contribution is -0.113. The van der Waals surface area contributed by atoms with E-state index in [4.69, 9.17) is 11.6 Å². The van der Waals surface area contributed by atoms with Crippen LogP contribution in [-0.4, -0.2) is 11.8 Å². The summed E-state index contributed by atoms with van der Waals surface area (Å²) in [5.41, 5.74) is 2.26. The van der Waals surface area contributed by atoms with Gasteiger partial charge in [0.1, 0.15) is 17.0 Å². The molecule has 1 heterocycles. The number of carbonyl (C=O) groups excluding carboxylic acids is 1. The van der Waals surface area contributed by atoms with Crippen LogP contribution in [0, 0.1) is 11.3 Å². The quantitative estimate of drug-likeness (QED) is 0.873. The summed E-state index contributed by atoms with van der Waals surface area (Å²) in [4.78, 5) is 11.2. The second-order valence-electron chi connectivity index (χ2n) is 3.51. The monoisotopic (exact) mass is 276 g/mol. The van der Waals surface area contributed by atoms with Gasteiger partial charge in [0.25, 0.3) is 0 Å². The Morgan fingerprint density at radius 2 is 2.11 bits per heavy atom. The number of halogens is 1. The highest BCUT2D eigenvalue weighted by Crippen LogP contribution is 2.34. The zero-order valence-corrected chi connectivity index (χ0v) is 10.9. The van der Waals surface area contributed by atoms with E-state index in [1.807, 2.05) is 35.7 Å². The molecule has 0 atom stereocenters. The molecule has 0 unspecified atom stereocenters. The molecule has 90 valence electrons. The number of nitrogens with zero attached hydrogens (tertiary/aromatic N) is 1. The Hall–Kier alpha value is -1.83. The van der Waals surface area contributed by atoms with Gasteiger partial charge in [-0.15, -0.1) is 22.9 Å². The third-order valence-corrected chi connectivity index (χ3v) is 3.50. The van der Waals surface area contributed by atoms with Crippen LogP contribution in [0.25, 0.3) is 11.1 Å². The highest BCUT2D eigenvalue weighted by molar-refractivity contribution is 7.15. The standard InChI is InChI=1S/C13H9ClN2OS/c14-6-12(17)16-13-10(7-15)11(8-18-13)9-4-2-1-3-5-9/h1-5,8H,6H2,(H,16,17). The van der Waals surface area contributed by atoms with Gasteiger partial charge < -0.3 is 5.32 Å². The predicted octanol–water partition coefficient (Wildman–Crippen LogP) is 3.46. The molecule has 1 N–H and O–H groups in total. The number of thiophene rings is 1. The van der Waals surface area contributed by atoms with Gasteiger partial charge in [-0.25, -0.2) is 0 Å². The van der Waals surface area contributed by atoms with Gasteiger partial charge in [0.2, 0.25) is 5.91 Å². The van der Waals surface area contributed by atoms with Crippen LogP contribution in [0.4, 0.5) is 5.00 Å². The Bertz CT molecular complexity index is 601. The van der Waals surface area contributed by atoms with Gasteiger partial charge in [-0.3, -0.25) is 4.79 Å². The fourth-order valence-electron chi connectivity index (χ4n) is 1.55. The van der Waals surface area contributed by atoms with Crippen molar-refractivity contribution in [1.29, 1.82) is 5.26 Å². The van der Waals surface area contributed by atoms with Gasteiger partial charge in [0.15, 0.2) is 0 Å². The first-order chi connectivity index (χ1) is 8.76. The number of rotatable bonds is 3. The Balaban J connectivity index is 2.40. The lowest BCUT2D eigenvalue weighted by Gasteiger charge is -2.01. The maximum Gasteiger partial charge on any atom is 0.239 e. The smallest absolute Gasteiger partial charge is 0.239 e. The summed E-state index contributed by atoms with van der Waals surface area (Å²) in [6.07, 6.45) is 0. The maximum atomic E-state index is 11.2. The van der Waals surface area contributed by atoms with E-state index in [0.29, 0.717) is 10.6 Å². The SMILES string of the molecule is N#Cc1c(-c2ccccc2)csc1NC(=O)CCl. The van der Waals surface area contributed by atoms with Crippen LogP contribution in [0.15, 0.2) is 35.7 Å². The summed E-state index contributed by atoms with van der Waals surface area (Å²) in [5.74, 6) is -0.432. The van der Waals surface area contributed by atoms with Crippen molar-refractivity contribution in [2.75, 3.05) is 11.2 Å². The van der Waals surface area contributed by atoms with Crippen molar-refractivity contribution >= 4 is 33.8 Å². The molecule has 5 heteroatoms. The molecule has 0 spiro atoms. The number of hydrogen-bond acceptors (Lipinski definition) is 3. The first kappa shape index (κ1) is 12.6. The van der Waals surface area contributed by atoms with E-state index < -0.39 is 0 Å². The van der Waals surface area contributed by atoms with Gasteiger partial charge in [0, 0.05) is 10.9 Å². The normalized spacial score (nSPS) is 9.78. The van der Waals surface area contributed by atoms with Gasteiger partial charge in [-0.1, -0.05) is 30.3 Å². The molecule has 3 nitrogen and oxygen atoms in total. The minimum absolute atomic E-state index is 0.122. The summed E-state index contributed by atoms with van der Waals surface area (Å²) in [5, 5.41) is 14.2. The van der Waals surface area contributed by atoms with Crippen molar-refractivity contribution in [1.82, 2.24) is 0 Å². The highest BCUT2D eigenvalue weighted by Gasteiger charge is 2.14. The van der Waals surface area contributed by atoms with Crippen molar-refractivity contribution in [3.8, 4) is 17.2 Å². The molecule has 18 heavy (non-hydrogen) atoms. The fraction of sp³-hybridized carbons (Fsp3) is 0.0769. The molecule has 1 aromatic carbocycles. The second kappa shape index (κ2) is 5.67. The number of nitrogens with one attached hydrogen (secondary N) is 1. The third-order valence-electron chi connectivity index (χ3n) is 2.36. The van der Waals surface area contributed by atoms with Gasteiger partial charge >= 0.3 is 0 Å². The second-order valence-corrected chi connectivity index (χ2v) is 4.66. The molecule has 2 rings (SSSR count). The van der Waals surface area contributed by atoms with E-state index in [2.05, 4.69) is 11.4 Å². The van der Waals surface area contributed by atoms with Gasteiger partial charge in [-0.2, -0.15) is 5.26 Å². The summed E-state index contributed by atoms with van der Waals surface area (Å²) in [6, 6.07) is 11.7. The van der Waals surface area contributed by atoms with Crippen molar-refractivity contribution in [2.24, 2.45) is 0 Å². The number of benzene rings is 1.